The van der Waals surface area contributed by atoms with Crippen LogP contribution in [0, 0.1) is 11.6 Å². The van der Waals surface area contributed by atoms with Gasteiger partial charge in [-0.1, -0.05) is 12.2 Å². The van der Waals surface area contributed by atoms with E-state index >= 15 is 0 Å². The highest BCUT2D eigenvalue weighted by Crippen LogP contribution is 2.25. The second-order valence-corrected chi connectivity index (χ2v) is 4.37. The van der Waals surface area contributed by atoms with E-state index in [9.17, 15) is 0 Å². The van der Waals surface area contributed by atoms with Gasteiger partial charge in [-0.15, -0.1) is 11.3 Å². The van der Waals surface area contributed by atoms with Gasteiger partial charge >= 0.3 is 0 Å². The summed E-state index contributed by atoms with van der Waals surface area (Å²) in [4.78, 5) is 9.60. The number of aromatic nitrogens is 2. The maximum atomic E-state index is 5.13. The van der Waals surface area contributed by atoms with Crippen molar-refractivity contribution in [1.29, 1.82) is 0 Å². The molecule has 0 spiro atoms. The summed E-state index contributed by atoms with van der Waals surface area (Å²) in [5, 5.41) is 0. The zero-order chi connectivity index (χ0) is 9.26. The van der Waals surface area contributed by atoms with Gasteiger partial charge in [0, 0.05) is 17.3 Å². The lowest BCUT2D eigenvalue weighted by Gasteiger charge is -1.94. The fraction of sp³-hybridized carbons (Fsp3) is 0.111. The first-order chi connectivity index (χ1) is 6.27. The predicted molar refractivity (Wildman–Crippen MR) is 57.5 cm³/mol. The van der Waals surface area contributed by atoms with Crippen molar-refractivity contribution in [2.75, 3.05) is 0 Å². The molecule has 0 aliphatic heterocycles. The summed E-state index contributed by atoms with van der Waals surface area (Å²) in [5.41, 5.74) is 0.871. The van der Waals surface area contributed by atoms with Crippen molar-refractivity contribution >= 4 is 23.6 Å². The molecule has 0 saturated carbocycles. The van der Waals surface area contributed by atoms with Gasteiger partial charge in [-0.3, -0.25) is 4.98 Å². The first-order valence-electron chi connectivity index (χ1n) is 3.88. The minimum absolute atomic E-state index is 0.698. The molecule has 13 heavy (non-hydrogen) atoms. The smallest absolute Gasteiger partial charge is 0.130 e. The molecule has 0 atom stereocenters. The van der Waals surface area contributed by atoms with E-state index in [-0.39, 0.29) is 0 Å². The van der Waals surface area contributed by atoms with Gasteiger partial charge < -0.3 is 4.98 Å². The third-order valence-electron chi connectivity index (χ3n) is 1.68. The molecule has 0 amide bonds. The van der Waals surface area contributed by atoms with Gasteiger partial charge in [0.15, 0.2) is 0 Å². The highest BCUT2D eigenvalue weighted by Gasteiger charge is 2.02. The van der Waals surface area contributed by atoms with E-state index in [1.807, 2.05) is 6.07 Å². The van der Waals surface area contributed by atoms with Gasteiger partial charge in [0.05, 0.1) is 4.88 Å². The molecule has 0 aliphatic rings. The SMILES string of the molecule is Cc1ccc(-c2ncc[nH]c2=S)s1. The number of hydrogen-bond acceptors (Lipinski definition) is 3. The fourth-order valence-corrected chi connectivity index (χ4v) is 2.25. The highest BCUT2D eigenvalue weighted by atomic mass is 32.1. The number of rotatable bonds is 1. The van der Waals surface area contributed by atoms with E-state index in [2.05, 4.69) is 23.0 Å². The van der Waals surface area contributed by atoms with Crippen LogP contribution in [0.4, 0.5) is 0 Å². The Labute approximate surface area is 85.3 Å². The molecule has 0 aliphatic carbocycles. The Morgan fingerprint density at radius 2 is 2.31 bits per heavy atom. The summed E-state index contributed by atoms with van der Waals surface area (Å²) in [7, 11) is 0. The second kappa shape index (κ2) is 3.40. The van der Waals surface area contributed by atoms with Crippen LogP contribution in [0.15, 0.2) is 24.5 Å². The van der Waals surface area contributed by atoms with Gasteiger partial charge in [0.2, 0.25) is 0 Å². The highest BCUT2D eigenvalue weighted by molar-refractivity contribution is 7.71. The molecule has 0 bridgehead atoms. The zero-order valence-electron chi connectivity index (χ0n) is 7.07. The van der Waals surface area contributed by atoms with E-state index in [0.29, 0.717) is 4.64 Å². The molecule has 0 unspecified atom stereocenters. The predicted octanol–water partition coefficient (Wildman–Crippen LogP) is 3.18. The summed E-state index contributed by atoms with van der Waals surface area (Å²) in [6, 6.07) is 4.12. The Morgan fingerprint density at radius 1 is 1.46 bits per heavy atom. The van der Waals surface area contributed by atoms with Crippen LogP contribution < -0.4 is 0 Å². The average molecular weight is 208 g/mol. The molecule has 2 nitrogen and oxygen atoms in total. The Balaban J connectivity index is 2.59. The minimum Gasteiger partial charge on any atom is -0.350 e. The lowest BCUT2D eigenvalue weighted by Crippen LogP contribution is -1.83. The fourth-order valence-electron chi connectivity index (χ4n) is 1.09. The lowest BCUT2D eigenvalue weighted by atomic mass is 10.3. The van der Waals surface area contributed by atoms with Crippen molar-refractivity contribution in [3.05, 3.63) is 34.0 Å². The van der Waals surface area contributed by atoms with E-state index in [4.69, 9.17) is 12.2 Å². The number of nitrogens with zero attached hydrogens (tertiary/aromatic N) is 1. The third kappa shape index (κ3) is 1.68. The Bertz CT molecular complexity index is 470. The second-order valence-electron chi connectivity index (χ2n) is 2.68. The molecule has 2 aromatic heterocycles. The topological polar surface area (TPSA) is 28.7 Å². The number of nitrogens with one attached hydrogen (secondary N) is 1. The Morgan fingerprint density at radius 3 is 2.92 bits per heavy atom. The summed E-state index contributed by atoms with van der Waals surface area (Å²) in [6.45, 7) is 2.07. The van der Waals surface area contributed by atoms with Crippen LogP contribution in [0.1, 0.15) is 4.88 Å². The van der Waals surface area contributed by atoms with Gasteiger partial charge in [0.25, 0.3) is 0 Å². The van der Waals surface area contributed by atoms with Gasteiger partial charge in [-0.2, -0.15) is 0 Å². The number of H-pyrrole nitrogens is 1. The van der Waals surface area contributed by atoms with E-state index in [1.54, 1.807) is 23.7 Å². The van der Waals surface area contributed by atoms with E-state index < -0.39 is 0 Å². The minimum atomic E-state index is 0.698. The lowest BCUT2D eigenvalue weighted by molar-refractivity contribution is 1.19. The van der Waals surface area contributed by atoms with Crippen LogP contribution in [-0.4, -0.2) is 9.97 Å². The molecule has 2 rings (SSSR count). The molecule has 0 aromatic carbocycles. The van der Waals surface area contributed by atoms with Gasteiger partial charge in [-0.05, 0) is 19.1 Å². The first-order valence-corrected chi connectivity index (χ1v) is 5.10. The van der Waals surface area contributed by atoms with Crippen molar-refractivity contribution in [2.24, 2.45) is 0 Å². The summed E-state index contributed by atoms with van der Waals surface area (Å²) < 4.78 is 0.698. The molecule has 0 fully saturated rings. The number of thiophene rings is 1. The molecule has 1 N–H and O–H groups in total. The zero-order valence-corrected chi connectivity index (χ0v) is 8.71. The Hall–Kier alpha value is -1.00. The van der Waals surface area contributed by atoms with Crippen molar-refractivity contribution in [2.45, 2.75) is 6.92 Å². The third-order valence-corrected chi connectivity index (χ3v) is 3.00. The molecule has 4 heteroatoms. The number of aryl methyl sites for hydroxylation is 1. The van der Waals surface area contributed by atoms with Crippen molar-refractivity contribution in [1.82, 2.24) is 9.97 Å². The molecule has 2 heterocycles. The van der Waals surface area contributed by atoms with Crippen LogP contribution >= 0.6 is 23.6 Å². The first kappa shape index (κ1) is 8.59. The average Bonchev–Trinajstić information content (AvgIpc) is 2.53. The Kier molecular flexibility index (Phi) is 2.24. The standard InChI is InChI=1S/C9H8N2S2/c1-6-2-3-7(13-6)8-9(12)11-5-4-10-8/h2-5H,1H3,(H,11,12). The number of hydrogen-bond donors (Lipinski definition) is 1. The molecule has 0 saturated heterocycles. The van der Waals surface area contributed by atoms with Crippen LogP contribution in [0.5, 0.6) is 0 Å². The molecule has 2 aromatic rings. The number of aromatic amines is 1. The van der Waals surface area contributed by atoms with Gasteiger partial charge in [-0.25, -0.2) is 0 Å². The quantitative estimate of drug-likeness (QED) is 0.729. The molecular weight excluding hydrogens is 200 g/mol. The molecule has 66 valence electrons. The summed E-state index contributed by atoms with van der Waals surface area (Å²) in [5.74, 6) is 0. The van der Waals surface area contributed by atoms with Crippen molar-refractivity contribution in [3.63, 3.8) is 0 Å². The molecule has 0 radical (unpaired) electrons. The summed E-state index contributed by atoms with van der Waals surface area (Å²) in [6.07, 6.45) is 3.46. The van der Waals surface area contributed by atoms with Gasteiger partial charge in [0.1, 0.15) is 10.3 Å². The monoisotopic (exact) mass is 208 g/mol. The van der Waals surface area contributed by atoms with Crippen LogP contribution in [0.3, 0.4) is 0 Å². The van der Waals surface area contributed by atoms with E-state index in [1.165, 1.54) is 4.88 Å². The van der Waals surface area contributed by atoms with Crippen LogP contribution in [0.2, 0.25) is 0 Å². The summed E-state index contributed by atoms with van der Waals surface area (Å²) >= 11 is 6.84. The molecular formula is C9H8N2S2. The van der Waals surface area contributed by atoms with E-state index in [0.717, 1.165) is 10.6 Å². The largest absolute Gasteiger partial charge is 0.350 e. The van der Waals surface area contributed by atoms with Crippen molar-refractivity contribution < 1.29 is 0 Å². The van der Waals surface area contributed by atoms with Crippen LogP contribution in [0.25, 0.3) is 10.6 Å². The normalized spacial score (nSPS) is 10.2. The van der Waals surface area contributed by atoms with Crippen molar-refractivity contribution in [3.8, 4) is 10.6 Å². The maximum absolute atomic E-state index is 5.13. The van der Waals surface area contributed by atoms with Crippen LogP contribution in [-0.2, 0) is 0 Å². The maximum Gasteiger partial charge on any atom is 0.130 e.